The van der Waals surface area contributed by atoms with Gasteiger partial charge in [0, 0.05) is 26.2 Å². The lowest BCUT2D eigenvalue weighted by Crippen LogP contribution is -2.49. The number of amides is 1. The third kappa shape index (κ3) is 3.15. The van der Waals surface area contributed by atoms with Crippen LogP contribution in [-0.4, -0.2) is 37.0 Å². The lowest BCUT2D eigenvalue weighted by atomic mass is 10.1. The van der Waals surface area contributed by atoms with Crippen LogP contribution in [0.25, 0.3) is 0 Å². The molecule has 23 heavy (non-hydrogen) atoms. The topological polar surface area (TPSA) is 23.6 Å². The number of benzene rings is 2. The molecule has 2 aromatic carbocycles. The molecule has 1 aliphatic heterocycles. The molecular formula is C17H15ClF2N2O. The van der Waals surface area contributed by atoms with Crippen LogP contribution in [0, 0.1) is 11.6 Å². The molecule has 0 radical (unpaired) electrons. The molecule has 1 amide bonds. The smallest absolute Gasteiger partial charge is 0.255 e. The summed E-state index contributed by atoms with van der Waals surface area (Å²) in [5.41, 5.74) is 0.414. The van der Waals surface area contributed by atoms with E-state index in [-0.39, 0.29) is 11.6 Å². The number of rotatable bonds is 2. The Bertz CT molecular complexity index is 710. The predicted octanol–water partition coefficient (Wildman–Crippen LogP) is 3.58. The third-order valence-electron chi connectivity index (χ3n) is 3.92. The van der Waals surface area contributed by atoms with Crippen molar-refractivity contribution in [3.8, 4) is 0 Å². The largest absolute Gasteiger partial charge is 0.363 e. The highest BCUT2D eigenvalue weighted by Crippen LogP contribution is 2.25. The van der Waals surface area contributed by atoms with Gasteiger partial charge in [0.05, 0.1) is 10.6 Å². The Kier molecular flexibility index (Phi) is 4.48. The molecule has 2 aromatic rings. The van der Waals surface area contributed by atoms with Gasteiger partial charge in [-0.05, 0) is 24.3 Å². The molecule has 1 heterocycles. The number of anilines is 1. The van der Waals surface area contributed by atoms with E-state index in [1.54, 1.807) is 34.1 Å². The van der Waals surface area contributed by atoms with Crippen molar-refractivity contribution >= 4 is 23.2 Å². The summed E-state index contributed by atoms with van der Waals surface area (Å²) in [5.74, 6) is -1.34. The van der Waals surface area contributed by atoms with Crippen LogP contribution in [0.5, 0.6) is 0 Å². The van der Waals surface area contributed by atoms with Gasteiger partial charge >= 0.3 is 0 Å². The van der Waals surface area contributed by atoms with Gasteiger partial charge in [-0.2, -0.15) is 0 Å². The molecule has 0 N–H and O–H groups in total. The van der Waals surface area contributed by atoms with Crippen LogP contribution in [0.1, 0.15) is 10.4 Å². The summed E-state index contributed by atoms with van der Waals surface area (Å²) in [6.07, 6.45) is 0. The van der Waals surface area contributed by atoms with Crippen LogP contribution in [0.3, 0.4) is 0 Å². The molecule has 3 rings (SSSR count). The van der Waals surface area contributed by atoms with E-state index < -0.39 is 11.6 Å². The Labute approximate surface area is 138 Å². The minimum absolute atomic E-state index is 0.0302. The normalized spacial score (nSPS) is 14.9. The maximum atomic E-state index is 13.8. The number of nitrogens with zero attached hydrogens (tertiary/aromatic N) is 2. The molecule has 0 spiro atoms. The van der Waals surface area contributed by atoms with Crippen molar-refractivity contribution in [2.24, 2.45) is 0 Å². The Balaban J connectivity index is 1.72. The fraction of sp³-hybridized carbons (Fsp3) is 0.235. The van der Waals surface area contributed by atoms with E-state index in [0.29, 0.717) is 36.8 Å². The second-order valence-corrected chi connectivity index (χ2v) is 5.74. The number of piperazine rings is 1. The van der Waals surface area contributed by atoms with Crippen molar-refractivity contribution in [1.82, 2.24) is 4.90 Å². The molecule has 0 bridgehead atoms. The maximum Gasteiger partial charge on any atom is 0.255 e. The second-order valence-electron chi connectivity index (χ2n) is 5.33. The number of halogens is 3. The molecule has 6 heteroatoms. The van der Waals surface area contributed by atoms with Gasteiger partial charge < -0.3 is 9.80 Å². The zero-order chi connectivity index (χ0) is 16.4. The van der Waals surface area contributed by atoms with E-state index in [0.717, 1.165) is 0 Å². The number of para-hydroxylation sites is 1. The SMILES string of the molecule is O=C(c1ccccc1Cl)N1CCN(c2c(F)cccc2F)CC1. The lowest BCUT2D eigenvalue weighted by molar-refractivity contribution is 0.0746. The van der Waals surface area contributed by atoms with Crippen LogP contribution >= 0.6 is 11.6 Å². The summed E-state index contributed by atoms with van der Waals surface area (Å²) in [4.78, 5) is 15.7. The van der Waals surface area contributed by atoms with Gasteiger partial charge in [0.1, 0.15) is 17.3 Å². The van der Waals surface area contributed by atoms with Crippen molar-refractivity contribution in [2.45, 2.75) is 0 Å². The Morgan fingerprint density at radius 3 is 2.13 bits per heavy atom. The van der Waals surface area contributed by atoms with Gasteiger partial charge in [-0.25, -0.2) is 8.78 Å². The third-order valence-corrected chi connectivity index (χ3v) is 4.25. The summed E-state index contributed by atoms with van der Waals surface area (Å²) in [6.45, 7) is 1.51. The van der Waals surface area contributed by atoms with E-state index in [1.165, 1.54) is 18.2 Å². The van der Waals surface area contributed by atoms with E-state index in [4.69, 9.17) is 11.6 Å². The van der Waals surface area contributed by atoms with Crippen LogP contribution in [0.15, 0.2) is 42.5 Å². The molecule has 0 aliphatic carbocycles. The highest BCUT2D eigenvalue weighted by atomic mass is 35.5. The molecule has 120 valence electrons. The zero-order valence-electron chi connectivity index (χ0n) is 12.3. The highest BCUT2D eigenvalue weighted by molar-refractivity contribution is 6.33. The molecule has 1 fully saturated rings. The maximum absolute atomic E-state index is 13.8. The van der Waals surface area contributed by atoms with Crippen LogP contribution in [0.2, 0.25) is 5.02 Å². The summed E-state index contributed by atoms with van der Waals surface area (Å²) in [6, 6.07) is 10.7. The zero-order valence-corrected chi connectivity index (χ0v) is 13.1. The first-order valence-corrected chi connectivity index (χ1v) is 7.68. The minimum atomic E-state index is -0.587. The summed E-state index contributed by atoms with van der Waals surface area (Å²) in [5, 5.41) is 0.403. The molecule has 0 unspecified atom stereocenters. The van der Waals surface area contributed by atoms with Gasteiger partial charge in [0.15, 0.2) is 0 Å². The fourth-order valence-electron chi connectivity index (χ4n) is 2.73. The Hall–Kier alpha value is -2.14. The first-order valence-electron chi connectivity index (χ1n) is 7.30. The van der Waals surface area contributed by atoms with E-state index >= 15 is 0 Å². The predicted molar refractivity (Wildman–Crippen MR) is 85.9 cm³/mol. The number of hydrogen-bond acceptors (Lipinski definition) is 2. The lowest BCUT2D eigenvalue weighted by Gasteiger charge is -2.36. The molecular weight excluding hydrogens is 322 g/mol. The van der Waals surface area contributed by atoms with Crippen molar-refractivity contribution in [3.05, 3.63) is 64.7 Å². The summed E-state index contributed by atoms with van der Waals surface area (Å²) in [7, 11) is 0. The first-order chi connectivity index (χ1) is 11.1. The van der Waals surface area contributed by atoms with E-state index in [2.05, 4.69) is 0 Å². The van der Waals surface area contributed by atoms with Crippen molar-refractivity contribution in [2.75, 3.05) is 31.1 Å². The van der Waals surface area contributed by atoms with Crippen molar-refractivity contribution < 1.29 is 13.6 Å². The minimum Gasteiger partial charge on any atom is -0.363 e. The number of hydrogen-bond donors (Lipinski definition) is 0. The van der Waals surface area contributed by atoms with Gasteiger partial charge in [0.2, 0.25) is 0 Å². The van der Waals surface area contributed by atoms with Gasteiger partial charge in [-0.3, -0.25) is 4.79 Å². The van der Waals surface area contributed by atoms with Crippen molar-refractivity contribution in [3.63, 3.8) is 0 Å². The van der Waals surface area contributed by atoms with Crippen LogP contribution in [0.4, 0.5) is 14.5 Å². The summed E-state index contributed by atoms with van der Waals surface area (Å²) < 4.78 is 27.7. The average Bonchev–Trinajstić information content (AvgIpc) is 2.55. The van der Waals surface area contributed by atoms with Gasteiger partial charge in [-0.15, -0.1) is 0 Å². The Morgan fingerprint density at radius 1 is 0.913 bits per heavy atom. The number of carbonyl (C=O) groups is 1. The first kappa shape index (κ1) is 15.7. The van der Waals surface area contributed by atoms with Gasteiger partial charge in [0.25, 0.3) is 5.91 Å². The quantitative estimate of drug-likeness (QED) is 0.837. The second kappa shape index (κ2) is 6.54. The molecule has 0 saturated carbocycles. The standard InChI is InChI=1S/C17H15ClF2N2O/c18-13-5-2-1-4-12(13)17(23)22-10-8-21(9-11-22)16-14(19)6-3-7-15(16)20/h1-7H,8-11H2. The fourth-order valence-corrected chi connectivity index (χ4v) is 2.95. The number of carbonyl (C=O) groups excluding carboxylic acids is 1. The van der Waals surface area contributed by atoms with Crippen LogP contribution in [-0.2, 0) is 0 Å². The van der Waals surface area contributed by atoms with Gasteiger partial charge in [-0.1, -0.05) is 29.8 Å². The van der Waals surface area contributed by atoms with E-state index in [1.807, 2.05) is 0 Å². The molecule has 0 aromatic heterocycles. The molecule has 1 aliphatic rings. The highest BCUT2D eigenvalue weighted by Gasteiger charge is 2.26. The average molecular weight is 337 g/mol. The van der Waals surface area contributed by atoms with Crippen LogP contribution < -0.4 is 4.90 Å². The van der Waals surface area contributed by atoms with Crippen molar-refractivity contribution in [1.29, 1.82) is 0 Å². The summed E-state index contributed by atoms with van der Waals surface area (Å²) >= 11 is 6.05. The van der Waals surface area contributed by atoms with E-state index in [9.17, 15) is 13.6 Å². The Morgan fingerprint density at radius 2 is 1.52 bits per heavy atom. The monoisotopic (exact) mass is 336 g/mol. The molecule has 0 atom stereocenters. The molecule has 3 nitrogen and oxygen atoms in total. The molecule has 1 saturated heterocycles.